The lowest BCUT2D eigenvalue weighted by atomic mass is 10.0. The number of nitrogens with one attached hydrogen (secondary N) is 3. The molecule has 2 aliphatic heterocycles. The van der Waals surface area contributed by atoms with Crippen molar-refractivity contribution >= 4 is 58.5 Å². The first-order chi connectivity index (χ1) is 20.4. The van der Waals surface area contributed by atoms with E-state index in [9.17, 15) is 32.6 Å². The number of unbranched alkanes of at least 4 members (excludes halogenated alkanes) is 1. The number of fused-ring (bicyclic) bond motifs is 1. The fourth-order valence-corrected chi connectivity index (χ4v) is 9.48. The topological polar surface area (TPSA) is 165 Å². The number of aliphatic carboxylic acids is 1. The third-order valence-electron chi connectivity index (χ3n) is 7.55. The maximum absolute atomic E-state index is 13.6. The van der Waals surface area contributed by atoms with Crippen molar-refractivity contribution in [1.29, 1.82) is 0 Å². The number of hydrogen-bond donors (Lipinski definition) is 5. The van der Waals surface area contributed by atoms with Crippen molar-refractivity contribution in [3.05, 3.63) is 53.1 Å². The summed E-state index contributed by atoms with van der Waals surface area (Å²) in [6, 6.07) is 10.3. The number of carbonyl (C=O) groups excluding carboxylic acids is 1. The zero-order valence-corrected chi connectivity index (χ0v) is 27.2. The molecule has 0 radical (unpaired) electrons. The van der Waals surface area contributed by atoms with Crippen molar-refractivity contribution in [3.8, 4) is 0 Å². The first-order valence-electron chi connectivity index (χ1n) is 14.3. The van der Waals surface area contributed by atoms with Crippen LogP contribution in [-0.4, -0.2) is 66.3 Å². The van der Waals surface area contributed by atoms with E-state index in [1.807, 2.05) is 0 Å². The van der Waals surface area contributed by atoms with E-state index in [1.54, 1.807) is 36.4 Å². The van der Waals surface area contributed by atoms with Crippen LogP contribution in [0.5, 0.6) is 0 Å². The lowest BCUT2D eigenvalue weighted by Crippen LogP contribution is -2.41. The molecule has 236 valence electrons. The van der Waals surface area contributed by atoms with Gasteiger partial charge in [0, 0.05) is 23.6 Å². The Bertz CT molecular complexity index is 1460. The van der Waals surface area contributed by atoms with Crippen LogP contribution in [0, 0.1) is 0 Å². The van der Waals surface area contributed by atoms with Crippen LogP contribution in [0.4, 0.5) is 5.69 Å². The van der Waals surface area contributed by atoms with Crippen molar-refractivity contribution in [1.82, 2.24) is 14.3 Å². The van der Waals surface area contributed by atoms with Gasteiger partial charge in [0.05, 0.1) is 16.9 Å². The molecule has 0 saturated carbocycles. The van der Waals surface area contributed by atoms with Crippen molar-refractivity contribution in [3.63, 3.8) is 0 Å². The average molecular weight is 673 g/mol. The summed E-state index contributed by atoms with van der Waals surface area (Å²) in [6.07, 6.45) is 3.35. The molecule has 1 saturated heterocycles. The first-order valence-corrected chi connectivity index (χ1v) is 19.0. The predicted molar refractivity (Wildman–Crippen MR) is 168 cm³/mol. The van der Waals surface area contributed by atoms with Gasteiger partial charge in [0.25, 0.3) is 0 Å². The molecule has 0 bridgehead atoms. The number of anilines is 1. The summed E-state index contributed by atoms with van der Waals surface area (Å²) in [5.41, 5.74) is 1.42. The Balaban J connectivity index is 1.44. The predicted octanol–water partition coefficient (Wildman–Crippen LogP) is 5.02. The van der Waals surface area contributed by atoms with Gasteiger partial charge in [-0.15, -0.1) is 0 Å². The van der Waals surface area contributed by atoms with Gasteiger partial charge in [0.15, 0.2) is 0 Å². The molecule has 5 N–H and O–H groups in total. The van der Waals surface area contributed by atoms with Crippen LogP contribution in [0.1, 0.15) is 63.5 Å². The highest BCUT2D eigenvalue weighted by Gasteiger charge is 2.37. The van der Waals surface area contributed by atoms with E-state index in [-0.39, 0.29) is 41.6 Å². The smallest absolute Gasteiger partial charge is 0.326 e. The molecule has 4 atom stereocenters. The molecular formula is C28H38ClN4O7PS2. The minimum atomic E-state index is -4.11. The highest BCUT2D eigenvalue weighted by atomic mass is 35.5. The van der Waals surface area contributed by atoms with E-state index in [1.165, 1.54) is 18.0 Å². The highest BCUT2D eigenvalue weighted by molar-refractivity contribution is 7.97. The van der Waals surface area contributed by atoms with Crippen LogP contribution in [0.3, 0.4) is 0 Å². The van der Waals surface area contributed by atoms with Crippen LogP contribution in [0.25, 0.3) is 0 Å². The average Bonchev–Trinajstić information content (AvgIpc) is 3.46. The number of halogens is 1. The standard InChI is InChI=1S/C28H38ClN4O7PS2/c1-2-3-13-26-30-22-16-20(29)25(17-24(22)42-31-26)43(39,40)32-21(19-9-5-4-6-10-19)11-8-15-41(37,38)18-27(34)33-14-7-12-23(33)28(35)36/h4-6,9-10,16-17,21,23,26,30-32H,2-3,7-8,11-15,18H2,1H3,(H,35,36)(H,37,38). The maximum Gasteiger partial charge on any atom is 0.326 e. The second-order valence-electron chi connectivity index (χ2n) is 10.9. The molecule has 43 heavy (non-hydrogen) atoms. The SMILES string of the molecule is CCCCC1NSc2cc(S(=O)(=O)NC(CCCP(=O)(O)CC(=O)N3CCCC3C(=O)O)c3ccccc3)c(Cl)cc2N1. The van der Waals surface area contributed by atoms with Gasteiger partial charge < -0.3 is 20.2 Å². The van der Waals surface area contributed by atoms with Gasteiger partial charge in [-0.05, 0) is 61.7 Å². The van der Waals surface area contributed by atoms with E-state index in [0.717, 1.165) is 29.8 Å². The molecule has 15 heteroatoms. The molecule has 2 aromatic carbocycles. The minimum Gasteiger partial charge on any atom is -0.480 e. The van der Waals surface area contributed by atoms with Gasteiger partial charge in [0.2, 0.25) is 23.3 Å². The van der Waals surface area contributed by atoms with Gasteiger partial charge in [0.1, 0.15) is 17.1 Å². The van der Waals surface area contributed by atoms with Gasteiger partial charge in [-0.25, -0.2) is 22.7 Å². The molecule has 0 spiro atoms. The maximum atomic E-state index is 13.6. The summed E-state index contributed by atoms with van der Waals surface area (Å²) in [4.78, 5) is 36.4. The van der Waals surface area contributed by atoms with Crippen LogP contribution in [0.15, 0.2) is 52.3 Å². The number of hydrogen-bond acceptors (Lipinski definition) is 8. The van der Waals surface area contributed by atoms with Crippen molar-refractivity contribution in [2.45, 2.75) is 79.9 Å². The summed E-state index contributed by atoms with van der Waals surface area (Å²) < 4.78 is 46.2. The summed E-state index contributed by atoms with van der Waals surface area (Å²) >= 11 is 7.84. The van der Waals surface area contributed by atoms with E-state index in [0.29, 0.717) is 23.3 Å². The summed E-state index contributed by atoms with van der Waals surface area (Å²) in [7, 11) is -8.06. The number of sulfonamides is 1. The third kappa shape index (κ3) is 8.97. The second-order valence-corrected chi connectivity index (χ2v) is 16.3. The fraction of sp³-hybridized carbons (Fsp3) is 0.500. The Labute approximate surface area is 261 Å². The zero-order chi connectivity index (χ0) is 31.2. The van der Waals surface area contributed by atoms with Crippen molar-refractivity contribution < 1.29 is 32.6 Å². The van der Waals surface area contributed by atoms with E-state index < -0.39 is 47.5 Å². The number of rotatable bonds is 14. The number of benzene rings is 2. The van der Waals surface area contributed by atoms with Gasteiger partial charge >= 0.3 is 5.97 Å². The van der Waals surface area contributed by atoms with Gasteiger partial charge in [-0.2, -0.15) is 0 Å². The fourth-order valence-electron chi connectivity index (χ4n) is 5.30. The number of likely N-dealkylation sites (tertiary alicyclic amines) is 1. The largest absolute Gasteiger partial charge is 0.480 e. The number of carboxylic acids is 1. The summed E-state index contributed by atoms with van der Waals surface area (Å²) in [5, 5.41) is 12.8. The Morgan fingerprint density at radius 2 is 1.98 bits per heavy atom. The molecule has 2 aromatic rings. The molecule has 4 unspecified atom stereocenters. The van der Waals surface area contributed by atoms with E-state index in [2.05, 4.69) is 21.7 Å². The number of nitrogens with zero attached hydrogens (tertiary/aromatic N) is 1. The van der Waals surface area contributed by atoms with E-state index >= 15 is 0 Å². The third-order valence-corrected chi connectivity index (χ3v) is 12.2. The molecule has 11 nitrogen and oxygen atoms in total. The highest BCUT2D eigenvalue weighted by Crippen LogP contribution is 2.43. The van der Waals surface area contributed by atoms with Crippen LogP contribution < -0.4 is 14.8 Å². The molecular weight excluding hydrogens is 635 g/mol. The van der Waals surface area contributed by atoms with Crippen molar-refractivity contribution in [2.24, 2.45) is 0 Å². The summed E-state index contributed by atoms with van der Waals surface area (Å²) in [5.74, 6) is -1.78. The first kappa shape index (κ1) is 33.8. The molecule has 4 rings (SSSR count). The Hall–Kier alpha value is -2.12. The summed E-state index contributed by atoms with van der Waals surface area (Å²) in [6.45, 7) is 2.35. The molecule has 1 fully saturated rings. The quantitative estimate of drug-likeness (QED) is 0.136. The lowest BCUT2D eigenvalue weighted by Gasteiger charge is -2.28. The van der Waals surface area contributed by atoms with Crippen LogP contribution in [-0.2, 0) is 24.2 Å². The van der Waals surface area contributed by atoms with Crippen LogP contribution >= 0.6 is 30.9 Å². The normalized spacial score (nSPS) is 20.6. The Morgan fingerprint density at radius 1 is 1.23 bits per heavy atom. The monoisotopic (exact) mass is 672 g/mol. The Morgan fingerprint density at radius 3 is 2.67 bits per heavy atom. The number of carbonyl (C=O) groups is 2. The minimum absolute atomic E-state index is 0.0447. The molecule has 1 amide bonds. The Kier molecular flexibility index (Phi) is 11.6. The molecule has 2 aliphatic rings. The second kappa shape index (κ2) is 14.8. The molecule has 2 heterocycles. The zero-order valence-electron chi connectivity index (χ0n) is 23.9. The molecule has 0 aliphatic carbocycles. The molecule has 0 aromatic heterocycles. The van der Waals surface area contributed by atoms with Gasteiger partial charge in [-0.1, -0.05) is 61.7 Å². The van der Waals surface area contributed by atoms with Crippen LogP contribution in [0.2, 0.25) is 5.02 Å². The number of amides is 1. The van der Waals surface area contributed by atoms with Gasteiger partial charge in [-0.3, -0.25) is 9.36 Å². The number of carboxylic acid groups (broad SMARTS) is 1. The van der Waals surface area contributed by atoms with E-state index in [4.69, 9.17) is 11.6 Å². The van der Waals surface area contributed by atoms with Crippen molar-refractivity contribution in [2.75, 3.05) is 24.2 Å². The lowest BCUT2D eigenvalue weighted by molar-refractivity contribution is -0.147.